The first-order chi connectivity index (χ1) is 12.1. The van der Waals surface area contributed by atoms with Crippen LogP contribution in [0, 0.1) is 0 Å². The highest BCUT2D eigenvalue weighted by Gasteiger charge is 2.17. The van der Waals surface area contributed by atoms with E-state index in [2.05, 4.69) is 10.6 Å². The molecule has 0 saturated heterocycles. The fourth-order valence-electron chi connectivity index (χ4n) is 2.91. The van der Waals surface area contributed by atoms with Crippen molar-refractivity contribution in [2.24, 2.45) is 0 Å². The third-order valence-electron chi connectivity index (χ3n) is 4.30. The average Bonchev–Trinajstić information content (AvgIpc) is 2.62. The number of ether oxygens (including phenoxy) is 1. The van der Waals surface area contributed by atoms with Gasteiger partial charge >= 0.3 is 0 Å². The molecule has 1 atom stereocenters. The van der Waals surface area contributed by atoms with Crippen LogP contribution in [0.4, 0.5) is 5.69 Å². The highest BCUT2D eigenvalue weighted by atomic mass is 16.5. The molecule has 2 N–H and O–H groups in total. The molecular formula is C20H22N2O3. The van der Waals surface area contributed by atoms with Gasteiger partial charge in [-0.2, -0.15) is 0 Å². The standard InChI is InChI=1S/C20H22N2O3/c1-3-25-17-8-4-14(5-9-17)13(2)21-20(24)16-6-10-18-15(12-16)7-11-19(23)22-18/h4-6,8-10,12-13H,3,7,11H2,1-2H3,(H,21,24)(H,22,23). The summed E-state index contributed by atoms with van der Waals surface area (Å²) in [5, 5.41) is 5.84. The van der Waals surface area contributed by atoms with E-state index in [1.807, 2.05) is 44.2 Å². The SMILES string of the molecule is CCOc1ccc(C(C)NC(=O)c2ccc3c(c2)CCC(=O)N3)cc1. The van der Waals surface area contributed by atoms with Crippen molar-refractivity contribution in [2.45, 2.75) is 32.7 Å². The van der Waals surface area contributed by atoms with E-state index in [4.69, 9.17) is 4.74 Å². The smallest absolute Gasteiger partial charge is 0.251 e. The van der Waals surface area contributed by atoms with Crippen LogP contribution in [0.3, 0.4) is 0 Å². The molecule has 25 heavy (non-hydrogen) atoms. The van der Waals surface area contributed by atoms with Crippen LogP contribution >= 0.6 is 0 Å². The van der Waals surface area contributed by atoms with Gasteiger partial charge in [0.2, 0.25) is 5.91 Å². The Morgan fingerprint density at radius 1 is 1.20 bits per heavy atom. The van der Waals surface area contributed by atoms with Gasteiger partial charge in [-0.05, 0) is 61.7 Å². The minimum Gasteiger partial charge on any atom is -0.494 e. The molecule has 0 spiro atoms. The Bertz CT molecular complexity index is 784. The molecule has 1 aliphatic heterocycles. The lowest BCUT2D eigenvalue weighted by molar-refractivity contribution is -0.116. The molecule has 2 aromatic rings. The number of anilines is 1. The van der Waals surface area contributed by atoms with Crippen molar-refractivity contribution in [2.75, 3.05) is 11.9 Å². The monoisotopic (exact) mass is 338 g/mol. The second kappa shape index (κ2) is 7.38. The molecule has 0 fully saturated rings. The van der Waals surface area contributed by atoms with E-state index in [0.717, 1.165) is 22.6 Å². The number of nitrogens with one attached hydrogen (secondary N) is 2. The van der Waals surface area contributed by atoms with E-state index in [0.29, 0.717) is 25.0 Å². The van der Waals surface area contributed by atoms with Crippen LogP contribution in [0.2, 0.25) is 0 Å². The number of rotatable bonds is 5. The predicted molar refractivity (Wildman–Crippen MR) is 96.9 cm³/mol. The molecule has 5 nitrogen and oxygen atoms in total. The molecule has 3 rings (SSSR count). The molecule has 0 saturated carbocycles. The van der Waals surface area contributed by atoms with Crippen molar-refractivity contribution >= 4 is 17.5 Å². The maximum atomic E-state index is 12.5. The zero-order valence-corrected chi connectivity index (χ0v) is 14.5. The second-order valence-electron chi connectivity index (χ2n) is 6.12. The first kappa shape index (κ1) is 17.0. The van der Waals surface area contributed by atoms with E-state index in [-0.39, 0.29) is 17.9 Å². The molecule has 1 unspecified atom stereocenters. The number of carbonyl (C=O) groups is 2. The summed E-state index contributed by atoms with van der Waals surface area (Å²) in [5.41, 5.74) is 3.42. The lowest BCUT2D eigenvalue weighted by atomic mass is 10.00. The lowest BCUT2D eigenvalue weighted by Crippen LogP contribution is -2.27. The Kier molecular flexibility index (Phi) is 5.03. The molecule has 130 valence electrons. The molecule has 0 aromatic heterocycles. The topological polar surface area (TPSA) is 67.4 Å². The van der Waals surface area contributed by atoms with E-state index in [9.17, 15) is 9.59 Å². The Balaban J connectivity index is 1.68. The van der Waals surface area contributed by atoms with Gasteiger partial charge in [-0.25, -0.2) is 0 Å². The first-order valence-electron chi connectivity index (χ1n) is 8.53. The summed E-state index contributed by atoms with van der Waals surface area (Å²) in [5.74, 6) is 0.719. The molecule has 0 bridgehead atoms. The zero-order chi connectivity index (χ0) is 17.8. The van der Waals surface area contributed by atoms with Gasteiger partial charge in [0, 0.05) is 17.7 Å². The van der Waals surface area contributed by atoms with Crippen molar-refractivity contribution in [3.8, 4) is 5.75 Å². The highest BCUT2D eigenvalue weighted by molar-refractivity contribution is 5.98. The molecule has 1 heterocycles. The summed E-state index contributed by atoms with van der Waals surface area (Å²) in [6.07, 6.45) is 1.12. The minimum absolute atomic E-state index is 0.0221. The average molecular weight is 338 g/mol. The summed E-state index contributed by atoms with van der Waals surface area (Å²) < 4.78 is 5.43. The zero-order valence-electron chi connectivity index (χ0n) is 14.5. The van der Waals surface area contributed by atoms with Crippen LogP contribution in [-0.4, -0.2) is 18.4 Å². The Labute approximate surface area is 147 Å². The van der Waals surface area contributed by atoms with E-state index >= 15 is 0 Å². The quantitative estimate of drug-likeness (QED) is 0.877. The summed E-state index contributed by atoms with van der Waals surface area (Å²) in [7, 11) is 0. The number of hydrogen-bond acceptors (Lipinski definition) is 3. The Morgan fingerprint density at radius 3 is 2.68 bits per heavy atom. The van der Waals surface area contributed by atoms with E-state index < -0.39 is 0 Å². The molecule has 0 radical (unpaired) electrons. The minimum atomic E-state index is -0.124. The number of fused-ring (bicyclic) bond motifs is 1. The van der Waals surface area contributed by atoms with Gasteiger partial charge in [-0.15, -0.1) is 0 Å². The Hall–Kier alpha value is -2.82. The fourth-order valence-corrected chi connectivity index (χ4v) is 2.91. The summed E-state index contributed by atoms with van der Waals surface area (Å²) in [6.45, 7) is 4.53. The number of hydrogen-bond donors (Lipinski definition) is 2. The van der Waals surface area contributed by atoms with Crippen molar-refractivity contribution < 1.29 is 14.3 Å². The van der Waals surface area contributed by atoms with Crippen LogP contribution in [0.15, 0.2) is 42.5 Å². The van der Waals surface area contributed by atoms with Gasteiger partial charge in [-0.3, -0.25) is 9.59 Å². The molecule has 2 aromatic carbocycles. The summed E-state index contributed by atoms with van der Waals surface area (Å²) in [4.78, 5) is 23.9. The van der Waals surface area contributed by atoms with Crippen molar-refractivity contribution in [3.05, 3.63) is 59.2 Å². The molecule has 0 aliphatic carbocycles. The predicted octanol–water partition coefficient (Wildman–Crippen LogP) is 3.46. The first-order valence-corrected chi connectivity index (χ1v) is 8.53. The second-order valence-corrected chi connectivity index (χ2v) is 6.12. The largest absolute Gasteiger partial charge is 0.494 e. The van der Waals surface area contributed by atoms with Gasteiger partial charge < -0.3 is 15.4 Å². The van der Waals surface area contributed by atoms with E-state index in [1.165, 1.54) is 0 Å². The fraction of sp³-hybridized carbons (Fsp3) is 0.300. The van der Waals surface area contributed by atoms with Gasteiger partial charge in [0.1, 0.15) is 5.75 Å². The number of benzene rings is 2. The van der Waals surface area contributed by atoms with E-state index in [1.54, 1.807) is 12.1 Å². The number of carbonyl (C=O) groups excluding carboxylic acids is 2. The van der Waals surface area contributed by atoms with Crippen LogP contribution in [0.25, 0.3) is 0 Å². The van der Waals surface area contributed by atoms with Crippen molar-refractivity contribution in [3.63, 3.8) is 0 Å². The van der Waals surface area contributed by atoms with Gasteiger partial charge in [0.05, 0.1) is 12.6 Å². The third kappa shape index (κ3) is 3.99. The van der Waals surface area contributed by atoms with Gasteiger partial charge in [0.25, 0.3) is 5.91 Å². The van der Waals surface area contributed by atoms with Crippen LogP contribution in [0.1, 0.15) is 47.8 Å². The highest BCUT2D eigenvalue weighted by Crippen LogP contribution is 2.24. The van der Waals surface area contributed by atoms with Crippen LogP contribution < -0.4 is 15.4 Å². The van der Waals surface area contributed by atoms with Crippen LogP contribution in [0.5, 0.6) is 5.75 Å². The van der Waals surface area contributed by atoms with Gasteiger partial charge in [0.15, 0.2) is 0 Å². The third-order valence-corrected chi connectivity index (χ3v) is 4.30. The number of amides is 2. The molecule has 1 aliphatic rings. The maximum Gasteiger partial charge on any atom is 0.251 e. The van der Waals surface area contributed by atoms with Crippen molar-refractivity contribution in [1.29, 1.82) is 0 Å². The van der Waals surface area contributed by atoms with Crippen LogP contribution in [-0.2, 0) is 11.2 Å². The number of aryl methyl sites for hydroxylation is 1. The maximum absolute atomic E-state index is 12.5. The molecular weight excluding hydrogens is 316 g/mol. The lowest BCUT2D eigenvalue weighted by Gasteiger charge is -2.19. The molecule has 5 heteroatoms. The Morgan fingerprint density at radius 2 is 1.96 bits per heavy atom. The van der Waals surface area contributed by atoms with Gasteiger partial charge in [-0.1, -0.05) is 12.1 Å². The molecule has 2 amide bonds. The summed E-state index contributed by atoms with van der Waals surface area (Å²) in [6, 6.07) is 13.0. The van der Waals surface area contributed by atoms with Crippen molar-refractivity contribution in [1.82, 2.24) is 5.32 Å². The summed E-state index contributed by atoms with van der Waals surface area (Å²) >= 11 is 0. The normalized spacial score (nSPS) is 14.2.